The van der Waals surface area contributed by atoms with Gasteiger partial charge in [-0.2, -0.15) is 4.31 Å². The summed E-state index contributed by atoms with van der Waals surface area (Å²) in [7, 11) is -7.44. The molecular weight excluding hydrogens is 538 g/mol. The summed E-state index contributed by atoms with van der Waals surface area (Å²) in [5.41, 5.74) is 0.668. The van der Waals surface area contributed by atoms with Gasteiger partial charge in [-0.15, -0.1) is 0 Å². The quantitative estimate of drug-likeness (QED) is 0.393. The maximum absolute atomic E-state index is 13.1. The smallest absolute Gasteiger partial charge is 0.247 e. The molecule has 0 spiro atoms. The normalized spacial score (nSPS) is 15.6. The van der Waals surface area contributed by atoms with Crippen LogP contribution in [0.4, 0.5) is 11.4 Å². The summed E-state index contributed by atoms with van der Waals surface area (Å²) in [6.45, 7) is 2.49. The van der Waals surface area contributed by atoms with Gasteiger partial charge in [-0.1, -0.05) is 31.0 Å². The second kappa shape index (κ2) is 12.2. The molecule has 1 amide bonds. The lowest BCUT2D eigenvalue weighted by molar-refractivity contribution is -0.116. The second-order valence-electron chi connectivity index (χ2n) is 9.48. The maximum Gasteiger partial charge on any atom is 0.247 e. The lowest BCUT2D eigenvalue weighted by atomic mass is 10.2. The van der Waals surface area contributed by atoms with E-state index >= 15 is 0 Å². The summed E-state index contributed by atoms with van der Waals surface area (Å²) in [6.07, 6.45) is 4.75. The zero-order chi connectivity index (χ0) is 28.0. The summed E-state index contributed by atoms with van der Waals surface area (Å²) in [5, 5.41) is 2.70. The highest BCUT2D eigenvalue weighted by atomic mass is 32.2. The molecule has 1 atom stereocenters. The third kappa shape index (κ3) is 7.17. The van der Waals surface area contributed by atoms with Crippen LogP contribution in [-0.4, -0.2) is 52.4 Å². The number of amides is 1. The first kappa shape index (κ1) is 28.6. The number of rotatable bonds is 9. The topological polar surface area (TPSA) is 113 Å². The summed E-state index contributed by atoms with van der Waals surface area (Å²) < 4.78 is 59.7. The predicted octanol–water partition coefficient (Wildman–Crippen LogP) is 4.84. The van der Waals surface area contributed by atoms with Crippen molar-refractivity contribution in [1.82, 2.24) is 4.31 Å². The van der Waals surface area contributed by atoms with E-state index in [4.69, 9.17) is 4.74 Å². The van der Waals surface area contributed by atoms with E-state index in [0.29, 0.717) is 36.0 Å². The summed E-state index contributed by atoms with van der Waals surface area (Å²) in [5.74, 6) is 0.599. The zero-order valence-corrected chi connectivity index (χ0v) is 23.6. The Balaban J connectivity index is 1.46. The van der Waals surface area contributed by atoms with E-state index in [0.717, 1.165) is 36.2 Å². The van der Waals surface area contributed by atoms with Crippen molar-refractivity contribution in [3.05, 3.63) is 78.9 Å². The summed E-state index contributed by atoms with van der Waals surface area (Å²) >= 11 is 0. The number of para-hydroxylation sites is 1. The molecule has 1 aliphatic heterocycles. The van der Waals surface area contributed by atoms with Crippen LogP contribution in [0.25, 0.3) is 0 Å². The Bertz CT molecular complexity index is 1470. The van der Waals surface area contributed by atoms with Gasteiger partial charge in [-0.25, -0.2) is 16.8 Å². The van der Waals surface area contributed by atoms with Gasteiger partial charge in [0, 0.05) is 18.8 Å². The lowest BCUT2D eigenvalue weighted by Gasteiger charge is -2.28. The largest absolute Gasteiger partial charge is 0.457 e. The molecule has 3 aromatic rings. The first-order valence-corrected chi connectivity index (χ1v) is 16.1. The SMILES string of the molecule is C[C@@H](C(=O)Nc1ccc(S(=O)(=O)N2CCCCCC2)cc1)N(c1ccc(Oc2ccccc2)cc1)S(C)(=O)=O. The molecule has 0 aromatic heterocycles. The number of hydrogen-bond acceptors (Lipinski definition) is 6. The van der Waals surface area contributed by atoms with Gasteiger partial charge in [0.2, 0.25) is 26.0 Å². The molecule has 0 unspecified atom stereocenters. The Hall–Kier alpha value is -3.41. The molecule has 1 N–H and O–H groups in total. The first-order chi connectivity index (χ1) is 18.6. The van der Waals surface area contributed by atoms with Gasteiger partial charge < -0.3 is 10.1 Å². The van der Waals surface area contributed by atoms with Crippen LogP contribution >= 0.6 is 0 Å². The van der Waals surface area contributed by atoms with Crippen molar-refractivity contribution < 1.29 is 26.4 Å². The molecule has 1 aliphatic rings. The molecule has 0 aliphatic carbocycles. The number of ether oxygens (including phenoxy) is 1. The molecule has 39 heavy (non-hydrogen) atoms. The van der Waals surface area contributed by atoms with Gasteiger partial charge in [0.15, 0.2) is 0 Å². The summed E-state index contributed by atoms with van der Waals surface area (Å²) in [6, 6.07) is 20.4. The predicted molar refractivity (Wildman–Crippen MR) is 152 cm³/mol. The van der Waals surface area contributed by atoms with E-state index in [-0.39, 0.29) is 4.90 Å². The van der Waals surface area contributed by atoms with E-state index in [9.17, 15) is 21.6 Å². The van der Waals surface area contributed by atoms with Crippen LogP contribution in [0, 0.1) is 0 Å². The lowest BCUT2D eigenvalue weighted by Crippen LogP contribution is -2.45. The monoisotopic (exact) mass is 571 g/mol. The fourth-order valence-electron chi connectivity index (χ4n) is 4.48. The van der Waals surface area contributed by atoms with Gasteiger partial charge in [-0.3, -0.25) is 9.10 Å². The minimum Gasteiger partial charge on any atom is -0.457 e. The van der Waals surface area contributed by atoms with Gasteiger partial charge >= 0.3 is 0 Å². The van der Waals surface area contributed by atoms with Crippen LogP contribution < -0.4 is 14.4 Å². The maximum atomic E-state index is 13.1. The van der Waals surface area contributed by atoms with Crippen molar-refractivity contribution in [3.63, 3.8) is 0 Å². The Morgan fingerprint density at radius 2 is 1.38 bits per heavy atom. The van der Waals surface area contributed by atoms with Crippen LogP contribution in [-0.2, 0) is 24.8 Å². The number of sulfonamides is 2. The van der Waals surface area contributed by atoms with Gasteiger partial charge in [0.05, 0.1) is 16.8 Å². The highest BCUT2D eigenvalue weighted by Crippen LogP contribution is 2.28. The van der Waals surface area contributed by atoms with Crippen molar-refractivity contribution in [3.8, 4) is 11.5 Å². The molecule has 1 fully saturated rings. The highest BCUT2D eigenvalue weighted by molar-refractivity contribution is 7.92. The molecule has 1 heterocycles. The molecule has 0 saturated carbocycles. The molecule has 1 saturated heterocycles. The van der Waals surface area contributed by atoms with Crippen LogP contribution in [0.1, 0.15) is 32.6 Å². The fourth-order valence-corrected chi connectivity index (χ4v) is 7.17. The van der Waals surface area contributed by atoms with Crippen molar-refractivity contribution in [2.45, 2.75) is 43.5 Å². The van der Waals surface area contributed by atoms with E-state index in [1.54, 1.807) is 36.4 Å². The number of carbonyl (C=O) groups excluding carboxylic acids is 1. The molecular formula is C28H33N3O6S2. The van der Waals surface area contributed by atoms with Crippen LogP contribution in [0.3, 0.4) is 0 Å². The van der Waals surface area contributed by atoms with Crippen LogP contribution in [0.15, 0.2) is 83.8 Å². The molecule has 0 bridgehead atoms. The number of nitrogens with one attached hydrogen (secondary N) is 1. The number of nitrogens with zero attached hydrogens (tertiary/aromatic N) is 2. The molecule has 11 heteroatoms. The Labute approximate surface area is 230 Å². The molecule has 208 valence electrons. The molecule has 4 rings (SSSR count). The van der Waals surface area contributed by atoms with E-state index in [1.807, 2.05) is 18.2 Å². The number of carbonyl (C=O) groups is 1. The Morgan fingerprint density at radius 3 is 1.95 bits per heavy atom. The highest BCUT2D eigenvalue weighted by Gasteiger charge is 2.30. The van der Waals surface area contributed by atoms with Crippen LogP contribution in [0.5, 0.6) is 11.5 Å². The zero-order valence-electron chi connectivity index (χ0n) is 22.0. The van der Waals surface area contributed by atoms with Gasteiger partial charge in [0.1, 0.15) is 17.5 Å². The van der Waals surface area contributed by atoms with Gasteiger partial charge in [-0.05, 0) is 80.4 Å². The minimum absolute atomic E-state index is 0.158. The minimum atomic E-state index is -3.82. The standard InChI is InChI=1S/C28H33N3O6S2/c1-22(31(38(2,33)34)24-14-16-26(17-15-24)37-25-10-6-5-7-11-25)28(32)29-23-12-18-27(19-13-23)39(35,36)30-20-8-3-4-9-21-30/h5-7,10-19,22H,3-4,8-9,20-21H2,1-2H3,(H,29,32)/t22-/m0/s1. The van der Waals surface area contributed by atoms with Gasteiger partial charge in [0.25, 0.3) is 0 Å². The second-order valence-corrected chi connectivity index (χ2v) is 13.3. The average molecular weight is 572 g/mol. The third-order valence-electron chi connectivity index (χ3n) is 6.48. The van der Waals surface area contributed by atoms with E-state index in [1.165, 1.54) is 35.5 Å². The average Bonchev–Trinajstić information content (AvgIpc) is 3.20. The number of hydrogen-bond donors (Lipinski definition) is 1. The van der Waals surface area contributed by atoms with Crippen molar-refractivity contribution in [1.29, 1.82) is 0 Å². The Kier molecular flexibility index (Phi) is 8.94. The third-order valence-corrected chi connectivity index (χ3v) is 9.64. The van der Waals surface area contributed by atoms with Crippen molar-refractivity contribution in [2.75, 3.05) is 29.0 Å². The molecule has 3 aromatic carbocycles. The number of anilines is 2. The first-order valence-electron chi connectivity index (χ1n) is 12.8. The summed E-state index contributed by atoms with van der Waals surface area (Å²) in [4.78, 5) is 13.2. The molecule has 9 nitrogen and oxygen atoms in total. The molecule has 0 radical (unpaired) electrons. The van der Waals surface area contributed by atoms with Crippen molar-refractivity contribution in [2.24, 2.45) is 0 Å². The van der Waals surface area contributed by atoms with Crippen LogP contribution in [0.2, 0.25) is 0 Å². The van der Waals surface area contributed by atoms with E-state index < -0.39 is 32.0 Å². The fraction of sp³-hybridized carbons (Fsp3) is 0.321. The number of benzene rings is 3. The Morgan fingerprint density at radius 1 is 0.821 bits per heavy atom. The van der Waals surface area contributed by atoms with E-state index in [2.05, 4.69) is 5.32 Å². The van der Waals surface area contributed by atoms with Crippen molar-refractivity contribution >= 4 is 37.3 Å².